The Morgan fingerprint density at radius 2 is 2.04 bits per heavy atom. The fourth-order valence-electron chi connectivity index (χ4n) is 5.79. The predicted molar refractivity (Wildman–Crippen MR) is 75.2 cm³/mol. The molecule has 5 atom stereocenters. The molecule has 4 bridgehead atoms. The third kappa shape index (κ3) is 1.07. The molecule has 4 fully saturated rings. The topological polar surface area (TPSA) is 74.2 Å². The lowest BCUT2D eigenvalue weighted by Crippen LogP contribution is -2.60. The molecule has 4 spiro atoms. The van der Waals surface area contributed by atoms with Crippen LogP contribution in [0.2, 0.25) is 0 Å². The lowest BCUT2D eigenvalue weighted by molar-refractivity contribution is -0.267. The fourth-order valence-corrected chi connectivity index (χ4v) is 5.79. The van der Waals surface area contributed by atoms with Crippen LogP contribution >= 0.6 is 0 Å². The molecule has 2 saturated carbocycles. The van der Waals surface area contributed by atoms with E-state index < -0.39 is 34.6 Å². The number of esters is 1. The maximum Gasteiger partial charge on any atom is 0.320 e. The Bertz CT molecular complexity index is 691. The molecule has 0 aromatic heterocycles. The van der Waals surface area contributed by atoms with Crippen LogP contribution < -0.4 is 0 Å². The van der Waals surface area contributed by atoms with Crippen molar-refractivity contribution in [1.29, 1.82) is 0 Å². The average Bonchev–Trinajstić information content (AvgIpc) is 3.26. The Hall–Kier alpha value is -1.21. The minimum atomic E-state index is -1.06. The monoisotopic (exact) mass is 318 g/mol. The van der Waals surface area contributed by atoms with Crippen LogP contribution in [0.25, 0.3) is 0 Å². The predicted octanol–water partition coefficient (Wildman–Crippen LogP) is 0.594. The average molecular weight is 318 g/mol. The molecule has 0 radical (unpaired) electrons. The molecular weight excluding hydrogens is 300 g/mol. The zero-order chi connectivity index (χ0) is 15.5. The molecule has 2 aliphatic carbocycles. The van der Waals surface area contributed by atoms with E-state index in [1.807, 2.05) is 18.2 Å². The van der Waals surface area contributed by atoms with E-state index in [-0.39, 0.29) is 5.97 Å². The van der Waals surface area contributed by atoms with Crippen molar-refractivity contribution in [2.75, 3.05) is 13.2 Å². The Morgan fingerprint density at radius 1 is 1.22 bits per heavy atom. The van der Waals surface area contributed by atoms with Crippen LogP contribution in [0, 0.1) is 5.41 Å². The van der Waals surface area contributed by atoms with Crippen LogP contribution in [-0.2, 0) is 23.7 Å². The number of hydrogen-bond acceptors (Lipinski definition) is 6. The maximum atomic E-state index is 13.1. The Labute approximate surface area is 133 Å². The molecule has 5 aliphatic heterocycles. The van der Waals surface area contributed by atoms with Crippen LogP contribution in [0.5, 0.6) is 0 Å². The van der Waals surface area contributed by atoms with Crippen LogP contribution in [0.1, 0.15) is 25.7 Å². The number of aliphatic hydroxyl groups excluding tert-OH is 1. The number of carbonyl (C=O) groups excluding carboxylic acids is 1. The van der Waals surface area contributed by atoms with Gasteiger partial charge in [-0.25, -0.2) is 0 Å². The van der Waals surface area contributed by atoms with Crippen molar-refractivity contribution in [3.05, 3.63) is 23.8 Å². The zero-order valence-electron chi connectivity index (χ0n) is 12.6. The second-order valence-corrected chi connectivity index (χ2v) is 7.46. The SMILES string of the molecule is O=C1O[C@]23C(=C[C@]14CCC1(OCCO1)[C@@]41C=C[C@@H]2O1)CC[C@@H]3O. The Morgan fingerprint density at radius 3 is 2.87 bits per heavy atom. The number of aliphatic hydroxyl groups is 1. The Balaban J connectivity index is 1.66. The van der Waals surface area contributed by atoms with Gasteiger partial charge in [0, 0.05) is 6.42 Å². The second kappa shape index (κ2) is 3.57. The largest absolute Gasteiger partial charge is 0.448 e. The van der Waals surface area contributed by atoms with Gasteiger partial charge in [0.25, 0.3) is 0 Å². The highest BCUT2D eigenvalue weighted by molar-refractivity contribution is 5.87. The van der Waals surface area contributed by atoms with Gasteiger partial charge in [0.05, 0.1) is 13.2 Å². The molecule has 6 nitrogen and oxygen atoms in total. The van der Waals surface area contributed by atoms with Gasteiger partial charge < -0.3 is 24.1 Å². The van der Waals surface area contributed by atoms with Gasteiger partial charge in [-0.1, -0.05) is 12.2 Å². The van der Waals surface area contributed by atoms with Gasteiger partial charge in [0.2, 0.25) is 5.79 Å². The normalized spacial score (nSPS) is 54.1. The Kier molecular flexibility index (Phi) is 2.03. The van der Waals surface area contributed by atoms with E-state index in [1.54, 1.807) is 0 Å². The summed E-state index contributed by atoms with van der Waals surface area (Å²) in [6.07, 6.45) is 7.16. The molecule has 23 heavy (non-hydrogen) atoms. The summed E-state index contributed by atoms with van der Waals surface area (Å²) in [6.45, 7) is 0.998. The summed E-state index contributed by atoms with van der Waals surface area (Å²) in [6, 6.07) is 0. The highest BCUT2D eigenvalue weighted by atomic mass is 16.8. The molecule has 2 saturated heterocycles. The first-order chi connectivity index (χ1) is 11.1. The summed E-state index contributed by atoms with van der Waals surface area (Å²) >= 11 is 0. The van der Waals surface area contributed by atoms with Crippen molar-refractivity contribution in [3.63, 3.8) is 0 Å². The van der Waals surface area contributed by atoms with E-state index in [9.17, 15) is 9.90 Å². The summed E-state index contributed by atoms with van der Waals surface area (Å²) in [5, 5.41) is 10.6. The molecule has 0 unspecified atom stereocenters. The van der Waals surface area contributed by atoms with Crippen molar-refractivity contribution in [2.45, 2.75) is 54.9 Å². The number of carbonyl (C=O) groups is 1. The quantitative estimate of drug-likeness (QED) is 0.521. The first-order valence-electron chi connectivity index (χ1n) is 8.37. The van der Waals surface area contributed by atoms with E-state index in [0.29, 0.717) is 32.5 Å². The molecule has 1 N–H and O–H groups in total. The molecule has 6 heteroatoms. The number of hydrogen-bond donors (Lipinski definition) is 1. The molecular formula is C17H18O6. The van der Waals surface area contributed by atoms with E-state index >= 15 is 0 Å². The van der Waals surface area contributed by atoms with E-state index in [0.717, 1.165) is 12.0 Å². The first kappa shape index (κ1) is 13.1. The second-order valence-electron chi connectivity index (χ2n) is 7.46. The molecule has 0 amide bonds. The van der Waals surface area contributed by atoms with Crippen LogP contribution in [0.4, 0.5) is 0 Å². The van der Waals surface area contributed by atoms with Gasteiger partial charge in [-0.15, -0.1) is 0 Å². The number of fused-ring (bicyclic) bond motifs is 1. The summed E-state index contributed by atoms with van der Waals surface area (Å²) in [5.41, 5.74) is -1.97. The highest BCUT2D eigenvalue weighted by Gasteiger charge is 2.81. The van der Waals surface area contributed by atoms with Gasteiger partial charge in [-0.05, 0) is 30.9 Å². The smallest absolute Gasteiger partial charge is 0.320 e. The molecule has 0 aromatic carbocycles. The molecule has 7 rings (SSSR count). The lowest BCUT2D eigenvalue weighted by Gasteiger charge is -2.45. The van der Waals surface area contributed by atoms with Crippen molar-refractivity contribution in [3.8, 4) is 0 Å². The molecule has 7 aliphatic rings. The summed E-state index contributed by atoms with van der Waals surface area (Å²) in [4.78, 5) is 13.1. The van der Waals surface area contributed by atoms with Gasteiger partial charge >= 0.3 is 5.97 Å². The van der Waals surface area contributed by atoms with Gasteiger partial charge in [-0.2, -0.15) is 0 Å². The third-order valence-electron chi connectivity index (χ3n) is 6.80. The zero-order valence-corrected chi connectivity index (χ0v) is 12.6. The minimum absolute atomic E-state index is 0.315. The summed E-state index contributed by atoms with van der Waals surface area (Å²) in [7, 11) is 0. The van der Waals surface area contributed by atoms with Gasteiger partial charge in [0.15, 0.2) is 11.2 Å². The molecule has 122 valence electrons. The van der Waals surface area contributed by atoms with Crippen LogP contribution in [-0.4, -0.2) is 53.5 Å². The van der Waals surface area contributed by atoms with E-state index in [4.69, 9.17) is 18.9 Å². The minimum Gasteiger partial charge on any atom is -0.448 e. The van der Waals surface area contributed by atoms with Crippen molar-refractivity contribution in [2.24, 2.45) is 5.41 Å². The van der Waals surface area contributed by atoms with Crippen molar-refractivity contribution in [1.82, 2.24) is 0 Å². The van der Waals surface area contributed by atoms with Crippen molar-refractivity contribution < 1.29 is 28.8 Å². The molecule has 0 aromatic rings. The summed E-state index contributed by atoms with van der Waals surface area (Å²) in [5.74, 6) is -1.24. The first-order valence-corrected chi connectivity index (χ1v) is 8.37. The van der Waals surface area contributed by atoms with E-state index in [1.165, 1.54) is 0 Å². The summed E-state index contributed by atoms with van der Waals surface area (Å²) < 4.78 is 24.4. The van der Waals surface area contributed by atoms with Crippen molar-refractivity contribution >= 4 is 5.97 Å². The van der Waals surface area contributed by atoms with Crippen LogP contribution in [0.15, 0.2) is 23.8 Å². The number of ether oxygens (including phenoxy) is 4. The van der Waals surface area contributed by atoms with Gasteiger partial charge in [0.1, 0.15) is 17.6 Å². The lowest BCUT2D eigenvalue weighted by atomic mass is 9.68. The maximum absolute atomic E-state index is 13.1. The van der Waals surface area contributed by atoms with Gasteiger partial charge in [-0.3, -0.25) is 4.79 Å². The highest BCUT2D eigenvalue weighted by Crippen LogP contribution is 2.68. The molecule has 5 heterocycles. The standard InChI is InChI=1S/C17H18O6/c18-11-2-1-10-9-14-5-6-16(20-7-8-21-16)15(14)4-3-12(22-15)17(10,11)23-13(14)19/h3-4,9,11-12,18H,1-2,5-8H2/t11-,12-,14+,15+,17-/m0/s1. The number of rotatable bonds is 0. The third-order valence-corrected chi connectivity index (χ3v) is 6.80. The van der Waals surface area contributed by atoms with Crippen LogP contribution in [0.3, 0.4) is 0 Å². The van der Waals surface area contributed by atoms with E-state index in [2.05, 4.69) is 0 Å². The fraction of sp³-hybridized carbons (Fsp3) is 0.706.